The Morgan fingerprint density at radius 3 is 2.45 bits per heavy atom. The Labute approximate surface area is 128 Å². The number of hydrogen-bond acceptors (Lipinski definition) is 5. The highest BCUT2D eigenvalue weighted by atomic mass is 16.5. The van der Waals surface area contributed by atoms with Crippen molar-refractivity contribution in [1.82, 2.24) is 9.91 Å². The maximum Gasteiger partial charge on any atom is 0.393 e. The molecule has 0 aliphatic heterocycles. The highest BCUT2D eigenvalue weighted by Crippen LogP contribution is 2.11. The molecule has 0 aliphatic rings. The van der Waals surface area contributed by atoms with Crippen LogP contribution < -0.4 is 10.2 Å². The summed E-state index contributed by atoms with van der Waals surface area (Å²) >= 11 is 0. The fourth-order valence-electron chi connectivity index (χ4n) is 1.96. The lowest BCUT2D eigenvalue weighted by molar-refractivity contribution is 0.162. The zero-order chi connectivity index (χ0) is 16.5. The second-order valence-corrected chi connectivity index (χ2v) is 4.70. The highest BCUT2D eigenvalue weighted by Gasteiger charge is 2.30. The third-order valence-corrected chi connectivity index (χ3v) is 2.96. The largest absolute Gasteiger partial charge is 0.490 e. The van der Waals surface area contributed by atoms with Crippen LogP contribution in [0.15, 0.2) is 21.5 Å². The summed E-state index contributed by atoms with van der Waals surface area (Å²) in [5.41, 5.74) is -0.368. The molecule has 0 saturated heterocycles. The Morgan fingerprint density at radius 2 is 2.00 bits per heavy atom. The van der Waals surface area contributed by atoms with Crippen molar-refractivity contribution in [2.75, 3.05) is 20.2 Å². The van der Waals surface area contributed by atoms with Gasteiger partial charge in [-0.05, 0) is 12.8 Å². The Morgan fingerprint density at radius 1 is 1.36 bits per heavy atom. The van der Waals surface area contributed by atoms with Crippen molar-refractivity contribution in [3.05, 3.63) is 33.4 Å². The van der Waals surface area contributed by atoms with Crippen LogP contribution in [-0.2, 0) is 6.54 Å². The lowest BCUT2D eigenvalue weighted by Crippen LogP contribution is -2.40. The monoisotopic (exact) mass is 309 g/mol. The zero-order valence-electron chi connectivity index (χ0n) is 13.1. The van der Waals surface area contributed by atoms with E-state index in [0.29, 0.717) is 13.1 Å². The molecule has 0 aromatic carbocycles. The van der Waals surface area contributed by atoms with E-state index in [4.69, 9.17) is 14.5 Å². The summed E-state index contributed by atoms with van der Waals surface area (Å²) in [5, 5.41) is 12.9. The van der Waals surface area contributed by atoms with Gasteiger partial charge in [0.05, 0.1) is 12.1 Å². The van der Waals surface area contributed by atoms with E-state index in [2.05, 4.69) is 5.08 Å². The molecule has 1 heterocycles. The smallest absolute Gasteiger partial charge is 0.393 e. The Bertz CT molecular complexity index is 587. The number of amides is 2. The first kappa shape index (κ1) is 17.5. The fraction of sp³-hybridized carbons (Fsp3) is 0.571. The van der Waals surface area contributed by atoms with Crippen molar-refractivity contribution in [2.45, 2.75) is 33.2 Å². The number of methoxy groups -OCH3 is 1. The van der Waals surface area contributed by atoms with Gasteiger partial charge in [-0.3, -0.25) is 4.79 Å². The van der Waals surface area contributed by atoms with Crippen LogP contribution in [0, 0.1) is 5.39 Å². The van der Waals surface area contributed by atoms with E-state index in [1.807, 2.05) is 13.8 Å². The number of urea groups is 1. The molecule has 0 unspecified atom stereocenters. The molecule has 0 N–H and O–H groups in total. The van der Waals surface area contributed by atoms with Crippen molar-refractivity contribution in [3.8, 4) is 5.75 Å². The van der Waals surface area contributed by atoms with Crippen molar-refractivity contribution in [2.24, 2.45) is 0 Å². The SMILES string of the molecule is CCCN(CCC)C(=O)N(Cc1cc(=O)c(OC)co1)[N+]#N. The van der Waals surface area contributed by atoms with Gasteiger partial charge in [0.2, 0.25) is 11.2 Å². The highest BCUT2D eigenvalue weighted by molar-refractivity contribution is 5.74. The van der Waals surface area contributed by atoms with Crippen LogP contribution in [0.2, 0.25) is 0 Å². The minimum atomic E-state index is -0.440. The van der Waals surface area contributed by atoms with Gasteiger partial charge in [-0.25, -0.2) is 4.79 Å². The number of carbonyl (C=O) groups is 1. The normalized spacial score (nSPS) is 9.91. The van der Waals surface area contributed by atoms with Gasteiger partial charge in [0, 0.05) is 19.2 Å². The van der Waals surface area contributed by atoms with Crippen LogP contribution >= 0.6 is 0 Å². The fourth-order valence-corrected chi connectivity index (χ4v) is 1.96. The molecule has 0 atom stereocenters. The van der Waals surface area contributed by atoms with Gasteiger partial charge >= 0.3 is 11.1 Å². The number of ether oxygens (including phenoxy) is 1. The van der Waals surface area contributed by atoms with Crippen molar-refractivity contribution in [3.63, 3.8) is 0 Å². The van der Waals surface area contributed by atoms with E-state index in [0.717, 1.165) is 24.1 Å². The molecule has 0 fully saturated rings. The third-order valence-electron chi connectivity index (χ3n) is 2.96. The summed E-state index contributed by atoms with van der Waals surface area (Å²) in [4.78, 5) is 25.6. The maximum absolute atomic E-state index is 12.3. The Kier molecular flexibility index (Phi) is 6.89. The van der Waals surface area contributed by atoms with Crippen LogP contribution in [0.4, 0.5) is 4.79 Å². The first-order valence-electron chi connectivity index (χ1n) is 7.14. The third kappa shape index (κ3) is 4.48. The number of nitrogens with zero attached hydrogens (tertiary/aromatic N) is 4. The number of carbonyl (C=O) groups excluding carboxylic acids is 1. The lowest BCUT2D eigenvalue weighted by Gasteiger charge is -2.20. The van der Waals surface area contributed by atoms with Gasteiger partial charge in [0.25, 0.3) is 5.39 Å². The number of diazo groups is 1. The second kappa shape index (κ2) is 8.67. The second-order valence-electron chi connectivity index (χ2n) is 4.70. The lowest BCUT2D eigenvalue weighted by atomic mass is 10.3. The molecule has 2 amide bonds. The van der Waals surface area contributed by atoms with Crippen molar-refractivity contribution in [1.29, 1.82) is 5.39 Å². The molecule has 0 spiro atoms. The van der Waals surface area contributed by atoms with Crippen LogP contribution in [0.3, 0.4) is 0 Å². The quantitative estimate of drug-likeness (QED) is 0.570. The zero-order valence-corrected chi connectivity index (χ0v) is 13.1. The molecular formula is C14H21N4O4+. The minimum absolute atomic E-state index is 0.0705. The van der Waals surface area contributed by atoms with E-state index < -0.39 is 6.03 Å². The van der Waals surface area contributed by atoms with E-state index >= 15 is 0 Å². The average Bonchev–Trinajstić information content (AvgIpc) is 2.52. The molecule has 120 valence electrons. The summed E-state index contributed by atoms with van der Waals surface area (Å²) in [6.45, 7) is 4.90. The summed E-state index contributed by atoms with van der Waals surface area (Å²) < 4.78 is 10.0. The van der Waals surface area contributed by atoms with Crippen LogP contribution in [0.1, 0.15) is 32.4 Å². The standard InChI is InChI=1S/C14H21N4O4/c1-4-6-17(7-5-2)14(20)18(16-15)9-11-8-12(19)13(21-3)10-22-11/h8,10H,4-7,9H2,1-3H3/q+1. The minimum Gasteiger partial charge on any atom is -0.490 e. The van der Waals surface area contributed by atoms with E-state index in [1.54, 1.807) is 4.90 Å². The number of hydrogen-bond donors (Lipinski definition) is 0. The molecule has 1 rings (SSSR count). The topological polar surface area (TPSA) is 91.1 Å². The molecular weight excluding hydrogens is 288 g/mol. The first-order chi connectivity index (χ1) is 10.6. The van der Waals surface area contributed by atoms with Gasteiger partial charge in [-0.15, -0.1) is 0 Å². The van der Waals surface area contributed by atoms with Crippen molar-refractivity contribution >= 4 is 6.03 Å². The molecule has 0 bridgehead atoms. The molecule has 0 aliphatic carbocycles. The predicted octanol–water partition coefficient (Wildman–Crippen LogP) is 2.46. The number of rotatable bonds is 7. The van der Waals surface area contributed by atoms with Crippen LogP contribution in [0.25, 0.3) is 5.08 Å². The Balaban J connectivity index is 2.88. The van der Waals surface area contributed by atoms with Crippen molar-refractivity contribution < 1.29 is 13.9 Å². The van der Waals surface area contributed by atoms with Crippen LogP contribution in [-0.4, -0.2) is 36.1 Å². The van der Waals surface area contributed by atoms with Crippen LogP contribution in [0.5, 0.6) is 5.75 Å². The molecule has 0 saturated carbocycles. The van der Waals surface area contributed by atoms with E-state index in [-0.39, 0.29) is 23.5 Å². The molecule has 8 nitrogen and oxygen atoms in total. The molecule has 1 aromatic heterocycles. The Hall–Kier alpha value is -2.56. The van der Waals surface area contributed by atoms with Gasteiger partial charge in [0.15, 0.2) is 6.54 Å². The summed E-state index contributed by atoms with van der Waals surface area (Å²) in [5.74, 6) is 0.269. The predicted molar refractivity (Wildman–Crippen MR) is 79.7 cm³/mol. The summed E-state index contributed by atoms with van der Waals surface area (Å²) in [6.07, 6.45) is 2.75. The summed E-state index contributed by atoms with van der Waals surface area (Å²) in [7, 11) is 1.36. The molecule has 22 heavy (non-hydrogen) atoms. The average molecular weight is 309 g/mol. The molecule has 8 heteroatoms. The van der Waals surface area contributed by atoms with Gasteiger partial charge in [0.1, 0.15) is 12.0 Å². The maximum atomic E-state index is 12.3. The van der Waals surface area contributed by atoms with E-state index in [1.165, 1.54) is 13.2 Å². The van der Waals surface area contributed by atoms with Gasteiger partial charge in [-0.2, -0.15) is 0 Å². The van der Waals surface area contributed by atoms with Gasteiger partial charge in [-0.1, -0.05) is 13.8 Å². The van der Waals surface area contributed by atoms with Gasteiger partial charge < -0.3 is 14.1 Å². The molecule has 1 aromatic rings. The summed E-state index contributed by atoms with van der Waals surface area (Å²) in [6, 6.07) is 0.763. The molecule has 0 radical (unpaired) electrons. The van der Waals surface area contributed by atoms with E-state index in [9.17, 15) is 9.59 Å². The first-order valence-corrected chi connectivity index (χ1v) is 7.14.